The van der Waals surface area contributed by atoms with Gasteiger partial charge in [-0.25, -0.2) is 0 Å². The molecule has 0 spiro atoms. The minimum absolute atomic E-state index is 0.636. The Morgan fingerprint density at radius 3 is 2.05 bits per heavy atom. The van der Waals surface area contributed by atoms with Crippen molar-refractivity contribution in [2.24, 2.45) is 0 Å². The third kappa shape index (κ3) is 3.07. The molecule has 0 aliphatic carbocycles. The second kappa shape index (κ2) is 6.62. The van der Waals surface area contributed by atoms with Crippen LogP contribution in [0.5, 0.6) is 0 Å². The molecule has 0 saturated carbocycles. The zero-order valence-electron chi connectivity index (χ0n) is 14.4. The molecule has 2 aromatic rings. The fourth-order valence-electron chi connectivity index (χ4n) is 3.56. The zero-order valence-corrected chi connectivity index (χ0v) is 15.4. The molecule has 2 nitrogen and oxygen atoms in total. The van der Waals surface area contributed by atoms with Crippen molar-refractivity contribution in [2.45, 2.75) is 58.2 Å². The molecule has 0 amide bonds. The van der Waals surface area contributed by atoms with Crippen molar-refractivity contribution >= 4 is 8.07 Å². The lowest BCUT2D eigenvalue weighted by Crippen LogP contribution is -2.43. The van der Waals surface area contributed by atoms with Crippen molar-refractivity contribution in [1.82, 2.24) is 0 Å². The fourth-order valence-corrected chi connectivity index (χ4v) is 8.79. The molecule has 0 bridgehead atoms. The lowest BCUT2D eigenvalue weighted by Gasteiger charge is -2.38. The van der Waals surface area contributed by atoms with Crippen molar-refractivity contribution in [1.29, 1.82) is 0 Å². The Balaban J connectivity index is 2.34. The minimum atomic E-state index is -1.69. The summed E-state index contributed by atoms with van der Waals surface area (Å²) in [5.41, 5.74) is 6.55. The normalized spacial score (nSPS) is 12.0. The van der Waals surface area contributed by atoms with E-state index in [-0.39, 0.29) is 0 Å². The lowest BCUT2D eigenvalue weighted by atomic mass is 10.3. The van der Waals surface area contributed by atoms with E-state index in [0.717, 1.165) is 17.1 Å². The van der Waals surface area contributed by atoms with Gasteiger partial charge in [-0.15, -0.1) is 5.54 Å². The van der Waals surface area contributed by atoms with Gasteiger partial charge in [-0.05, 0) is 28.8 Å². The van der Waals surface area contributed by atoms with Gasteiger partial charge in [-0.3, -0.25) is 0 Å². The van der Waals surface area contributed by atoms with Gasteiger partial charge in [0.05, 0.1) is 11.8 Å². The molecule has 22 heavy (non-hydrogen) atoms. The van der Waals surface area contributed by atoms with Crippen LogP contribution >= 0.6 is 0 Å². The Hall–Kier alpha value is -1.66. The molecule has 0 N–H and O–H groups in total. The molecule has 0 aliphatic rings. The van der Waals surface area contributed by atoms with E-state index in [4.69, 9.17) is 8.83 Å². The topological polar surface area (TPSA) is 26.3 Å². The molecule has 0 aromatic carbocycles. The van der Waals surface area contributed by atoms with Gasteiger partial charge in [0, 0.05) is 6.07 Å². The molecule has 0 aliphatic heterocycles. The van der Waals surface area contributed by atoms with E-state index in [1.54, 1.807) is 12.5 Å². The average molecular weight is 315 g/mol. The summed E-state index contributed by atoms with van der Waals surface area (Å²) in [5.74, 6) is 4.87. The van der Waals surface area contributed by atoms with Crippen LogP contribution in [0.1, 0.15) is 47.1 Å². The van der Waals surface area contributed by atoms with Gasteiger partial charge in [0.15, 0.2) is 11.5 Å². The van der Waals surface area contributed by atoms with E-state index < -0.39 is 8.07 Å². The van der Waals surface area contributed by atoms with Gasteiger partial charge >= 0.3 is 0 Å². The van der Waals surface area contributed by atoms with Crippen molar-refractivity contribution in [2.75, 3.05) is 0 Å². The molecular weight excluding hydrogens is 288 g/mol. The highest BCUT2D eigenvalue weighted by Crippen LogP contribution is 2.40. The quantitative estimate of drug-likeness (QED) is 0.503. The van der Waals surface area contributed by atoms with Crippen LogP contribution in [0.2, 0.25) is 16.6 Å². The number of furan rings is 2. The first-order valence-electron chi connectivity index (χ1n) is 8.03. The van der Waals surface area contributed by atoms with Gasteiger partial charge in [0.2, 0.25) is 0 Å². The molecule has 0 radical (unpaired) electrons. The molecular formula is C19H26O2Si. The summed E-state index contributed by atoms with van der Waals surface area (Å²) in [5, 5.41) is 0. The molecule has 2 rings (SSSR count). The molecule has 0 atom stereocenters. The van der Waals surface area contributed by atoms with Gasteiger partial charge in [0.25, 0.3) is 0 Å². The molecule has 118 valence electrons. The standard InChI is InChI=1S/C19H26O2Si/c1-14(2)22(15(3)4,16(5)6)11-9-17-12-19(21-13-17)18-8-7-10-20-18/h7-8,10,12-16H,1-6H3. The maximum absolute atomic E-state index is 5.57. The predicted molar refractivity (Wildman–Crippen MR) is 94.3 cm³/mol. The van der Waals surface area contributed by atoms with Gasteiger partial charge in [0.1, 0.15) is 14.3 Å². The monoisotopic (exact) mass is 314 g/mol. The van der Waals surface area contributed by atoms with Crippen molar-refractivity contribution in [3.05, 3.63) is 36.3 Å². The van der Waals surface area contributed by atoms with Crippen molar-refractivity contribution < 1.29 is 8.83 Å². The highest BCUT2D eigenvalue weighted by atomic mass is 28.3. The highest BCUT2D eigenvalue weighted by molar-refractivity contribution is 6.90. The summed E-state index contributed by atoms with van der Waals surface area (Å²) < 4.78 is 10.9. The summed E-state index contributed by atoms with van der Waals surface area (Å²) >= 11 is 0. The first-order chi connectivity index (χ1) is 10.4. The molecule has 0 saturated heterocycles. The summed E-state index contributed by atoms with van der Waals surface area (Å²) in [6.07, 6.45) is 3.38. The number of hydrogen-bond acceptors (Lipinski definition) is 2. The zero-order chi connectivity index (χ0) is 16.3. The van der Waals surface area contributed by atoms with Gasteiger partial charge < -0.3 is 8.83 Å². The average Bonchev–Trinajstić information content (AvgIpc) is 3.08. The Labute approximate surface area is 134 Å². The smallest absolute Gasteiger partial charge is 0.170 e. The van der Waals surface area contributed by atoms with E-state index in [9.17, 15) is 0 Å². The highest BCUT2D eigenvalue weighted by Gasteiger charge is 2.41. The largest absolute Gasteiger partial charge is 0.461 e. The second-order valence-electron chi connectivity index (χ2n) is 6.82. The third-order valence-corrected chi connectivity index (χ3v) is 10.9. The lowest BCUT2D eigenvalue weighted by molar-refractivity contribution is 0.524. The van der Waals surface area contributed by atoms with Gasteiger partial charge in [-0.1, -0.05) is 47.5 Å². The second-order valence-corrected chi connectivity index (χ2v) is 12.4. The maximum atomic E-state index is 5.57. The maximum Gasteiger partial charge on any atom is 0.170 e. The van der Waals surface area contributed by atoms with Crippen LogP contribution in [-0.2, 0) is 0 Å². The fraction of sp³-hybridized carbons (Fsp3) is 0.474. The van der Waals surface area contributed by atoms with Crippen LogP contribution in [-0.4, -0.2) is 8.07 Å². The van der Waals surface area contributed by atoms with Gasteiger partial charge in [-0.2, -0.15) is 0 Å². The Bertz CT molecular complexity index is 629. The van der Waals surface area contributed by atoms with E-state index >= 15 is 0 Å². The van der Waals surface area contributed by atoms with E-state index in [1.165, 1.54) is 0 Å². The summed E-state index contributed by atoms with van der Waals surface area (Å²) in [4.78, 5) is 0. The molecule has 0 fully saturated rings. The Morgan fingerprint density at radius 2 is 1.55 bits per heavy atom. The summed E-state index contributed by atoms with van der Waals surface area (Å²) in [7, 11) is -1.69. The first kappa shape index (κ1) is 16.7. The Kier molecular flexibility index (Phi) is 5.03. The predicted octanol–water partition coefficient (Wildman–Crippen LogP) is 6.11. The van der Waals surface area contributed by atoms with Crippen LogP contribution in [0.25, 0.3) is 11.5 Å². The van der Waals surface area contributed by atoms with Crippen LogP contribution in [0.3, 0.4) is 0 Å². The van der Waals surface area contributed by atoms with Crippen LogP contribution in [0.4, 0.5) is 0 Å². The van der Waals surface area contributed by atoms with E-state index in [0.29, 0.717) is 16.6 Å². The van der Waals surface area contributed by atoms with Crippen LogP contribution in [0, 0.1) is 11.5 Å². The van der Waals surface area contributed by atoms with E-state index in [2.05, 4.69) is 53.0 Å². The van der Waals surface area contributed by atoms with Crippen molar-refractivity contribution in [3.63, 3.8) is 0 Å². The summed E-state index contributed by atoms with van der Waals surface area (Å²) in [6.45, 7) is 13.9. The SMILES string of the molecule is CC(C)[Si](C#Cc1coc(-c2ccco2)c1)(C(C)C)C(C)C. The first-order valence-corrected chi connectivity index (χ1v) is 10.3. The third-order valence-electron chi connectivity index (χ3n) is 4.65. The molecule has 3 heteroatoms. The Morgan fingerprint density at radius 1 is 0.909 bits per heavy atom. The summed E-state index contributed by atoms with van der Waals surface area (Å²) in [6, 6.07) is 5.72. The number of hydrogen-bond donors (Lipinski definition) is 0. The molecule has 2 heterocycles. The van der Waals surface area contributed by atoms with Crippen LogP contribution in [0.15, 0.2) is 39.6 Å². The van der Waals surface area contributed by atoms with Crippen LogP contribution < -0.4 is 0 Å². The van der Waals surface area contributed by atoms with Crippen molar-refractivity contribution in [3.8, 4) is 23.0 Å². The molecule has 0 unspecified atom stereocenters. The van der Waals surface area contributed by atoms with E-state index in [1.807, 2.05) is 18.2 Å². The molecule has 2 aromatic heterocycles. The minimum Gasteiger partial charge on any atom is -0.461 e. The number of rotatable bonds is 4.